The predicted octanol–water partition coefficient (Wildman–Crippen LogP) is 1.90. The Morgan fingerprint density at radius 2 is 1.92 bits per heavy atom. The highest BCUT2D eigenvalue weighted by Gasteiger charge is 2.24. The summed E-state index contributed by atoms with van der Waals surface area (Å²) in [4.78, 5) is 25.6. The molecule has 2 amide bonds. The van der Waals surface area contributed by atoms with Crippen LogP contribution in [0.5, 0.6) is 0 Å². The van der Waals surface area contributed by atoms with E-state index in [0.29, 0.717) is 26.3 Å². The number of amides is 2. The van der Waals surface area contributed by atoms with Gasteiger partial charge in [-0.3, -0.25) is 0 Å². The van der Waals surface area contributed by atoms with Crippen LogP contribution in [-0.4, -0.2) is 53.7 Å². The van der Waals surface area contributed by atoms with E-state index in [2.05, 4.69) is 15.2 Å². The topological polar surface area (TPSA) is 70.6 Å². The number of para-hydroxylation sites is 1. The third kappa shape index (κ3) is 3.56. The van der Waals surface area contributed by atoms with Crippen molar-refractivity contribution < 1.29 is 9.53 Å². The summed E-state index contributed by atoms with van der Waals surface area (Å²) in [6.07, 6.45) is 2.68. The van der Waals surface area contributed by atoms with Crippen molar-refractivity contribution in [3.8, 4) is 0 Å². The van der Waals surface area contributed by atoms with Gasteiger partial charge in [-0.15, -0.1) is 0 Å². The minimum absolute atomic E-state index is 0.0941. The number of carbonyl (C=O) groups is 1. The molecular weight excluding hydrogens is 318 g/mol. The number of carbonyl (C=O) groups excluding carboxylic acids is 1. The van der Waals surface area contributed by atoms with Gasteiger partial charge in [0.1, 0.15) is 0 Å². The van der Waals surface area contributed by atoms with Gasteiger partial charge in [-0.05, 0) is 24.1 Å². The van der Waals surface area contributed by atoms with E-state index in [4.69, 9.17) is 9.72 Å². The third-order valence-electron chi connectivity index (χ3n) is 4.54. The largest absolute Gasteiger partial charge is 0.378 e. The summed E-state index contributed by atoms with van der Waals surface area (Å²) in [5, 5.41) is 2.94. The van der Waals surface area contributed by atoms with Crippen LogP contribution in [0.15, 0.2) is 36.5 Å². The van der Waals surface area contributed by atoms with Crippen LogP contribution in [0.1, 0.15) is 11.3 Å². The molecule has 0 bridgehead atoms. The number of aromatic nitrogens is 2. The van der Waals surface area contributed by atoms with Gasteiger partial charge in [-0.1, -0.05) is 18.2 Å². The van der Waals surface area contributed by atoms with Gasteiger partial charge >= 0.3 is 6.03 Å². The Labute approximate surface area is 146 Å². The van der Waals surface area contributed by atoms with Crippen molar-refractivity contribution in [2.24, 2.45) is 0 Å². The lowest BCUT2D eigenvalue weighted by atomic mass is 10.1. The predicted molar refractivity (Wildman–Crippen MR) is 94.6 cm³/mol. The first-order chi connectivity index (χ1) is 12.3. The first-order valence-electron chi connectivity index (χ1n) is 8.58. The van der Waals surface area contributed by atoms with Crippen molar-refractivity contribution in [1.29, 1.82) is 0 Å². The molecule has 0 atom stereocenters. The number of ether oxygens (including phenoxy) is 1. The first kappa shape index (κ1) is 15.8. The highest BCUT2D eigenvalue weighted by Crippen LogP contribution is 2.20. The number of nitrogens with one attached hydrogen (secondary N) is 1. The van der Waals surface area contributed by atoms with Crippen molar-refractivity contribution >= 4 is 17.7 Å². The second kappa shape index (κ2) is 7.06. The second-order valence-corrected chi connectivity index (χ2v) is 6.21. The summed E-state index contributed by atoms with van der Waals surface area (Å²) in [7, 11) is 0. The molecule has 2 aliphatic rings. The van der Waals surface area contributed by atoms with Crippen molar-refractivity contribution in [3.63, 3.8) is 0 Å². The molecule has 1 N–H and O–H groups in total. The Hall–Kier alpha value is -2.67. The first-order valence-corrected chi connectivity index (χ1v) is 8.58. The van der Waals surface area contributed by atoms with Gasteiger partial charge in [-0.25, -0.2) is 14.8 Å². The SMILES string of the molecule is O=C(Nc1ccccc1)N1CCc2cnc(N3CCOCC3)nc2C1. The fourth-order valence-electron chi connectivity index (χ4n) is 3.11. The molecule has 0 saturated carbocycles. The molecule has 1 aromatic heterocycles. The maximum absolute atomic E-state index is 12.5. The Morgan fingerprint density at radius 1 is 1.12 bits per heavy atom. The van der Waals surface area contributed by atoms with Crippen LogP contribution in [0.25, 0.3) is 0 Å². The lowest BCUT2D eigenvalue weighted by molar-refractivity contribution is 0.122. The monoisotopic (exact) mass is 339 g/mol. The normalized spacial score (nSPS) is 17.1. The number of benzene rings is 1. The fraction of sp³-hybridized carbons (Fsp3) is 0.389. The zero-order chi connectivity index (χ0) is 17.1. The van der Waals surface area contributed by atoms with E-state index in [1.54, 1.807) is 4.90 Å². The minimum Gasteiger partial charge on any atom is -0.378 e. The van der Waals surface area contributed by atoms with E-state index in [0.717, 1.165) is 42.4 Å². The van der Waals surface area contributed by atoms with Crippen LogP contribution in [0.2, 0.25) is 0 Å². The quantitative estimate of drug-likeness (QED) is 0.905. The van der Waals surface area contributed by atoms with Gasteiger partial charge in [-0.2, -0.15) is 0 Å². The molecule has 130 valence electrons. The molecule has 0 aliphatic carbocycles. The minimum atomic E-state index is -0.0941. The summed E-state index contributed by atoms with van der Waals surface area (Å²) >= 11 is 0. The highest BCUT2D eigenvalue weighted by atomic mass is 16.5. The van der Waals surface area contributed by atoms with E-state index < -0.39 is 0 Å². The summed E-state index contributed by atoms with van der Waals surface area (Å²) in [6, 6.07) is 9.41. The van der Waals surface area contributed by atoms with Gasteiger partial charge in [0, 0.05) is 31.5 Å². The molecule has 3 heterocycles. The molecule has 2 aromatic rings. The van der Waals surface area contributed by atoms with E-state index in [-0.39, 0.29) is 6.03 Å². The van der Waals surface area contributed by atoms with Crippen molar-refractivity contribution in [2.45, 2.75) is 13.0 Å². The molecule has 1 fully saturated rings. The van der Waals surface area contributed by atoms with Crippen LogP contribution in [0.4, 0.5) is 16.4 Å². The van der Waals surface area contributed by atoms with Crippen LogP contribution in [0, 0.1) is 0 Å². The zero-order valence-electron chi connectivity index (χ0n) is 14.0. The standard InChI is InChI=1S/C18H21N5O2/c24-18(20-15-4-2-1-3-5-15)23-7-6-14-12-19-17(21-16(14)13-23)22-8-10-25-11-9-22/h1-5,12H,6-11,13H2,(H,20,24). The Bertz CT molecular complexity index is 746. The second-order valence-electron chi connectivity index (χ2n) is 6.21. The van der Waals surface area contributed by atoms with Gasteiger partial charge in [0.25, 0.3) is 0 Å². The van der Waals surface area contributed by atoms with Crippen LogP contribution >= 0.6 is 0 Å². The maximum atomic E-state index is 12.5. The van der Waals surface area contributed by atoms with Crippen molar-refractivity contribution in [1.82, 2.24) is 14.9 Å². The number of anilines is 2. The number of morpholine rings is 1. The number of nitrogens with zero attached hydrogens (tertiary/aromatic N) is 4. The fourth-order valence-corrected chi connectivity index (χ4v) is 3.11. The van der Waals surface area contributed by atoms with Gasteiger partial charge in [0.2, 0.25) is 5.95 Å². The molecular formula is C18H21N5O2. The smallest absolute Gasteiger partial charge is 0.322 e. The van der Waals surface area contributed by atoms with Crippen molar-refractivity contribution in [2.75, 3.05) is 43.1 Å². The lowest BCUT2D eigenvalue weighted by Crippen LogP contribution is -2.40. The third-order valence-corrected chi connectivity index (χ3v) is 4.54. The molecule has 1 aromatic carbocycles. The van der Waals surface area contributed by atoms with Crippen molar-refractivity contribution in [3.05, 3.63) is 47.8 Å². The highest BCUT2D eigenvalue weighted by molar-refractivity contribution is 5.89. The van der Waals surface area contributed by atoms with Gasteiger partial charge < -0.3 is 19.9 Å². The number of urea groups is 1. The molecule has 7 heteroatoms. The van der Waals surface area contributed by atoms with Crippen LogP contribution in [-0.2, 0) is 17.7 Å². The van der Waals surface area contributed by atoms with Gasteiger partial charge in [0.05, 0.1) is 25.5 Å². The molecule has 2 aliphatic heterocycles. The summed E-state index contributed by atoms with van der Waals surface area (Å²) in [5.41, 5.74) is 2.86. The Balaban J connectivity index is 1.47. The molecule has 7 nitrogen and oxygen atoms in total. The number of rotatable bonds is 2. The molecule has 0 unspecified atom stereocenters. The van der Waals surface area contributed by atoms with E-state index in [1.165, 1.54) is 0 Å². The zero-order valence-corrected chi connectivity index (χ0v) is 14.0. The molecule has 0 spiro atoms. The van der Waals surface area contributed by atoms with E-state index >= 15 is 0 Å². The summed E-state index contributed by atoms with van der Waals surface area (Å²) in [5.74, 6) is 0.729. The average molecular weight is 339 g/mol. The summed E-state index contributed by atoms with van der Waals surface area (Å²) < 4.78 is 5.38. The van der Waals surface area contributed by atoms with E-state index in [1.807, 2.05) is 36.5 Å². The molecule has 1 saturated heterocycles. The molecule has 0 radical (unpaired) electrons. The maximum Gasteiger partial charge on any atom is 0.322 e. The van der Waals surface area contributed by atoms with E-state index in [9.17, 15) is 4.79 Å². The molecule has 4 rings (SSSR count). The Kier molecular flexibility index (Phi) is 4.47. The lowest BCUT2D eigenvalue weighted by Gasteiger charge is -2.30. The number of hydrogen-bond acceptors (Lipinski definition) is 5. The number of fused-ring (bicyclic) bond motifs is 1. The summed E-state index contributed by atoms with van der Waals surface area (Å²) in [6.45, 7) is 4.19. The van der Waals surface area contributed by atoms with Gasteiger partial charge in [0.15, 0.2) is 0 Å². The number of hydrogen-bond donors (Lipinski definition) is 1. The van der Waals surface area contributed by atoms with Crippen LogP contribution in [0.3, 0.4) is 0 Å². The average Bonchev–Trinajstić information content (AvgIpc) is 2.68. The molecule has 25 heavy (non-hydrogen) atoms. The Morgan fingerprint density at radius 3 is 2.72 bits per heavy atom. The van der Waals surface area contributed by atoms with Crippen LogP contribution < -0.4 is 10.2 Å².